The van der Waals surface area contributed by atoms with Gasteiger partial charge in [-0.15, -0.1) is 20.4 Å². The van der Waals surface area contributed by atoms with Gasteiger partial charge in [0.2, 0.25) is 11.8 Å². The molecule has 0 bridgehead atoms. The van der Waals surface area contributed by atoms with Gasteiger partial charge in [-0.1, -0.05) is 78.0 Å². The molecule has 0 fully saturated rings. The van der Waals surface area contributed by atoms with Crippen LogP contribution in [0.3, 0.4) is 0 Å². The zero-order chi connectivity index (χ0) is 22.6. The zero-order valence-corrected chi connectivity index (χ0v) is 19.2. The largest absolute Gasteiger partial charge is 0.419 e. The van der Waals surface area contributed by atoms with Gasteiger partial charge in [0.1, 0.15) is 5.82 Å². The van der Waals surface area contributed by atoms with Crippen LogP contribution in [0.1, 0.15) is 35.0 Å². The van der Waals surface area contributed by atoms with Gasteiger partial charge in [-0.2, -0.15) is 0 Å². The number of aromatic nitrogens is 5. The average Bonchev–Trinajstić information content (AvgIpc) is 3.48. The van der Waals surface area contributed by atoms with Crippen molar-refractivity contribution in [3.63, 3.8) is 0 Å². The fourth-order valence-electron chi connectivity index (χ4n) is 3.61. The summed E-state index contributed by atoms with van der Waals surface area (Å²) in [6.07, 6.45) is 0.690. The summed E-state index contributed by atoms with van der Waals surface area (Å²) >= 11 is 1.55. The maximum Gasteiger partial charge on any atom is 0.247 e. The van der Waals surface area contributed by atoms with E-state index in [1.54, 1.807) is 11.8 Å². The highest BCUT2D eigenvalue weighted by atomic mass is 32.2. The predicted molar refractivity (Wildman–Crippen MR) is 129 cm³/mol. The number of para-hydroxylation sites is 1. The van der Waals surface area contributed by atoms with Crippen molar-refractivity contribution in [3.05, 3.63) is 108 Å². The number of hydrogen-bond acceptors (Lipinski definition) is 6. The first-order valence-electron chi connectivity index (χ1n) is 10.8. The summed E-state index contributed by atoms with van der Waals surface area (Å²) in [4.78, 5) is 0. The second-order valence-electron chi connectivity index (χ2n) is 7.81. The van der Waals surface area contributed by atoms with Crippen molar-refractivity contribution in [2.45, 2.75) is 30.7 Å². The second kappa shape index (κ2) is 9.42. The van der Waals surface area contributed by atoms with Gasteiger partial charge >= 0.3 is 0 Å². The van der Waals surface area contributed by atoms with E-state index in [0.717, 1.165) is 27.8 Å². The number of benzene rings is 3. The molecule has 0 N–H and O–H groups in total. The topological polar surface area (TPSA) is 69.6 Å². The first kappa shape index (κ1) is 21.2. The highest BCUT2D eigenvalue weighted by Crippen LogP contribution is 2.36. The van der Waals surface area contributed by atoms with Gasteiger partial charge in [0.15, 0.2) is 5.16 Å². The molecule has 0 saturated carbocycles. The van der Waals surface area contributed by atoms with Crippen molar-refractivity contribution in [3.8, 4) is 17.1 Å². The number of nitrogens with zero attached hydrogens (tertiary/aromatic N) is 5. The highest BCUT2D eigenvalue weighted by Gasteiger charge is 2.22. The monoisotopic (exact) mass is 453 g/mol. The Morgan fingerprint density at radius 1 is 0.848 bits per heavy atom. The maximum absolute atomic E-state index is 6.01. The summed E-state index contributed by atoms with van der Waals surface area (Å²) < 4.78 is 8.11. The lowest BCUT2D eigenvalue weighted by atomic mass is 10.1. The Labute approximate surface area is 196 Å². The van der Waals surface area contributed by atoms with Gasteiger partial charge in [0, 0.05) is 17.7 Å². The van der Waals surface area contributed by atoms with Crippen LogP contribution in [0.15, 0.2) is 94.5 Å². The van der Waals surface area contributed by atoms with Crippen LogP contribution in [0.2, 0.25) is 0 Å². The molecule has 2 heterocycles. The molecule has 0 radical (unpaired) electrons. The van der Waals surface area contributed by atoms with Crippen molar-refractivity contribution >= 4 is 11.8 Å². The molecule has 0 aliphatic heterocycles. The third-order valence-electron chi connectivity index (χ3n) is 5.26. The van der Waals surface area contributed by atoms with Gasteiger partial charge in [0.25, 0.3) is 0 Å². The molecule has 7 heteroatoms. The van der Waals surface area contributed by atoms with E-state index in [1.165, 1.54) is 5.56 Å². The molecule has 164 valence electrons. The third kappa shape index (κ3) is 4.73. The van der Waals surface area contributed by atoms with Crippen molar-refractivity contribution in [1.82, 2.24) is 25.0 Å². The lowest BCUT2D eigenvalue weighted by Crippen LogP contribution is -2.04. The maximum atomic E-state index is 6.01. The normalized spacial score (nSPS) is 12.1. The van der Waals surface area contributed by atoms with Crippen molar-refractivity contribution in [1.29, 1.82) is 0 Å². The zero-order valence-electron chi connectivity index (χ0n) is 18.4. The molecule has 1 atom stereocenters. The van der Waals surface area contributed by atoms with Crippen LogP contribution in [0.4, 0.5) is 0 Å². The molecular weight excluding hydrogens is 430 g/mol. The molecule has 33 heavy (non-hydrogen) atoms. The Bertz CT molecular complexity index is 1350. The number of thioether (sulfide) groups is 1. The molecule has 0 aliphatic rings. The van der Waals surface area contributed by atoms with E-state index in [4.69, 9.17) is 4.42 Å². The minimum absolute atomic E-state index is 0.0905. The minimum atomic E-state index is -0.0905. The third-order valence-corrected chi connectivity index (χ3v) is 6.29. The van der Waals surface area contributed by atoms with Crippen LogP contribution in [0, 0.1) is 6.92 Å². The fourth-order valence-corrected chi connectivity index (χ4v) is 4.52. The lowest BCUT2D eigenvalue weighted by molar-refractivity contribution is 0.509. The Hall–Kier alpha value is -3.71. The van der Waals surface area contributed by atoms with Crippen LogP contribution < -0.4 is 0 Å². The number of aryl methyl sites for hydroxylation is 1. The van der Waals surface area contributed by atoms with E-state index in [9.17, 15) is 0 Å². The van der Waals surface area contributed by atoms with Crippen LogP contribution in [-0.2, 0) is 6.42 Å². The van der Waals surface area contributed by atoms with Crippen molar-refractivity contribution < 1.29 is 4.42 Å². The molecule has 5 rings (SSSR count). The molecule has 1 unspecified atom stereocenters. The predicted octanol–water partition coefficient (Wildman–Crippen LogP) is 6.07. The SMILES string of the molecule is Cc1cccc(-c2nnc(C(C)Sc3nnc(Cc4ccccc4)n3-c3ccccc3)o2)c1. The van der Waals surface area contributed by atoms with E-state index in [1.807, 2.05) is 74.5 Å². The summed E-state index contributed by atoms with van der Waals surface area (Å²) in [5.41, 5.74) is 4.28. The van der Waals surface area contributed by atoms with Gasteiger partial charge in [0.05, 0.1) is 5.25 Å². The number of rotatable bonds is 7. The van der Waals surface area contributed by atoms with Crippen molar-refractivity contribution in [2.24, 2.45) is 0 Å². The quantitative estimate of drug-likeness (QED) is 0.279. The summed E-state index contributed by atoms with van der Waals surface area (Å²) in [5, 5.41) is 18.3. The Kier molecular flexibility index (Phi) is 6.04. The molecule has 3 aromatic carbocycles. The van der Waals surface area contributed by atoms with E-state index in [0.29, 0.717) is 18.2 Å². The van der Waals surface area contributed by atoms with Crippen LogP contribution in [0.25, 0.3) is 17.1 Å². The molecular formula is C26H23N5OS. The molecule has 0 saturated heterocycles. The molecule has 0 amide bonds. The van der Waals surface area contributed by atoms with Crippen LogP contribution in [-0.4, -0.2) is 25.0 Å². The summed E-state index contributed by atoms with van der Waals surface area (Å²) in [6, 6.07) is 28.5. The van der Waals surface area contributed by atoms with Gasteiger partial charge in [-0.05, 0) is 43.7 Å². The van der Waals surface area contributed by atoms with E-state index in [2.05, 4.69) is 49.2 Å². The van der Waals surface area contributed by atoms with E-state index < -0.39 is 0 Å². The molecule has 0 aliphatic carbocycles. The van der Waals surface area contributed by atoms with E-state index >= 15 is 0 Å². The van der Waals surface area contributed by atoms with Gasteiger partial charge in [-0.3, -0.25) is 4.57 Å². The second-order valence-corrected chi connectivity index (χ2v) is 9.12. The fraction of sp³-hybridized carbons (Fsp3) is 0.154. The van der Waals surface area contributed by atoms with Gasteiger partial charge in [-0.25, -0.2) is 0 Å². The molecule has 0 spiro atoms. The number of hydrogen-bond donors (Lipinski definition) is 0. The first-order chi connectivity index (χ1) is 16.2. The molecule has 5 aromatic rings. The highest BCUT2D eigenvalue weighted by molar-refractivity contribution is 7.99. The smallest absolute Gasteiger partial charge is 0.247 e. The molecule has 6 nitrogen and oxygen atoms in total. The Morgan fingerprint density at radius 3 is 2.36 bits per heavy atom. The summed E-state index contributed by atoms with van der Waals surface area (Å²) in [7, 11) is 0. The summed E-state index contributed by atoms with van der Waals surface area (Å²) in [6.45, 7) is 4.09. The first-order valence-corrected chi connectivity index (χ1v) is 11.7. The minimum Gasteiger partial charge on any atom is -0.419 e. The van der Waals surface area contributed by atoms with Crippen molar-refractivity contribution in [2.75, 3.05) is 0 Å². The van der Waals surface area contributed by atoms with Crippen LogP contribution in [0.5, 0.6) is 0 Å². The van der Waals surface area contributed by atoms with Gasteiger partial charge < -0.3 is 4.42 Å². The average molecular weight is 454 g/mol. The Balaban J connectivity index is 1.43. The Morgan fingerprint density at radius 2 is 1.61 bits per heavy atom. The summed E-state index contributed by atoms with van der Waals surface area (Å²) in [5.74, 6) is 1.97. The molecule has 2 aromatic heterocycles. The van der Waals surface area contributed by atoms with E-state index in [-0.39, 0.29) is 5.25 Å². The standard InChI is InChI=1S/C26H23N5OS/c1-18-10-9-13-21(16-18)25-29-28-24(32-25)19(2)33-26-30-27-23(17-20-11-5-3-6-12-20)31(26)22-14-7-4-8-15-22/h3-16,19H,17H2,1-2H3. The van der Waals surface area contributed by atoms with Crippen LogP contribution >= 0.6 is 11.8 Å². The lowest BCUT2D eigenvalue weighted by Gasteiger charge is -2.12.